The van der Waals surface area contributed by atoms with E-state index in [-0.39, 0.29) is 17.4 Å². The molecule has 1 saturated heterocycles. The topological polar surface area (TPSA) is 75.7 Å². The van der Waals surface area contributed by atoms with Gasteiger partial charge in [0.15, 0.2) is 9.84 Å². The molecule has 31 heavy (non-hydrogen) atoms. The molecule has 2 aliphatic rings. The first kappa shape index (κ1) is 21.8. The molecule has 0 spiro atoms. The summed E-state index contributed by atoms with van der Waals surface area (Å²) < 4.78 is 29.7. The van der Waals surface area contributed by atoms with Gasteiger partial charge in [-0.05, 0) is 48.9 Å². The van der Waals surface area contributed by atoms with Crippen molar-refractivity contribution in [1.82, 2.24) is 10.2 Å². The number of amides is 1. The number of rotatable bonds is 7. The van der Waals surface area contributed by atoms with Crippen LogP contribution in [0, 0.1) is 0 Å². The molecule has 0 radical (unpaired) electrons. The smallest absolute Gasteiger partial charge is 0.242 e. The largest absolute Gasteiger partial charge is 0.490 e. The molecule has 6 nitrogen and oxygen atoms in total. The van der Waals surface area contributed by atoms with Crippen LogP contribution in [0.1, 0.15) is 42.9 Å². The lowest BCUT2D eigenvalue weighted by Gasteiger charge is -2.33. The summed E-state index contributed by atoms with van der Waals surface area (Å²) >= 11 is 0. The van der Waals surface area contributed by atoms with Crippen molar-refractivity contribution in [2.45, 2.75) is 44.4 Å². The molecular formula is C24H30N2O4S. The van der Waals surface area contributed by atoms with Crippen molar-refractivity contribution in [3.05, 3.63) is 65.7 Å². The molecule has 2 fully saturated rings. The van der Waals surface area contributed by atoms with Crippen molar-refractivity contribution in [2.24, 2.45) is 0 Å². The standard InChI is InChI=1S/C24H30N2O4S/c27-24(25-18-19-10-12-22(13-11-19)30-21-8-4-5-9-21)23(20-6-2-1-3-7-20)26-14-16-31(28,29)17-15-26/h1-3,6-7,10-13,21,23H,4-5,8-9,14-18H2,(H,25,27). The first-order valence-electron chi connectivity index (χ1n) is 11.0. The van der Waals surface area contributed by atoms with Gasteiger partial charge in [0.2, 0.25) is 5.91 Å². The van der Waals surface area contributed by atoms with Crippen LogP contribution >= 0.6 is 0 Å². The number of nitrogens with one attached hydrogen (secondary N) is 1. The maximum absolute atomic E-state index is 13.1. The van der Waals surface area contributed by atoms with Gasteiger partial charge in [0.1, 0.15) is 11.8 Å². The molecule has 166 valence electrons. The zero-order chi connectivity index (χ0) is 21.7. The highest BCUT2D eigenvalue weighted by atomic mass is 32.2. The van der Waals surface area contributed by atoms with Crippen LogP contribution < -0.4 is 10.1 Å². The van der Waals surface area contributed by atoms with Crippen LogP contribution in [0.2, 0.25) is 0 Å². The maximum Gasteiger partial charge on any atom is 0.242 e. The molecule has 0 aromatic heterocycles. The molecule has 7 heteroatoms. The van der Waals surface area contributed by atoms with E-state index < -0.39 is 15.9 Å². The molecule has 4 rings (SSSR count). The summed E-state index contributed by atoms with van der Waals surface area (Å²) in [5.41, 5.74) is 1.87. The number of sulfone groups is 1. The lowest BCUT2D eigenvalue weighted by molar-refractivity contribution is -0.126. The van der Waals surface area contributed by atoms with Crippen LogP contribution in [0.3, 0.4) is 0 Å². The van der Waals surface area contributed by atoms with Crippen molar-refractivity contribution in [3.63, 3.8) is 0 Å². The molecule has 1 aliphatic carbocycles. The molecule has 1 N–H and O–H groups in total. The zero-order valence-electron chi connectivity index (χ0n) is 17.7. The monoisotopic (exact) mass is 442 g/mol. The summed E-state index contributed by atoms with van der Waals surface area (Å²) in [4.78, 5) is 15.1. The Morgan fingerprint density at radius 1 is 1.00 bits per heavy atom. The summed E-state index contributed by atoms with van der Waals surface area (Å²) in [5.74, 6) is 0.938. The minimum atomic E-state index is -3.01. The Balaban J connectivity index is 1.39. The quantitative estimate of drug-likeness (QED) is 0.713. The highest BCUT2D eigenvalue weighted by Gasteiger charge is 2.32. The van der Waals surface area contributed by atoms with Crippen molar-refractivity contribution < 1.29 is 17.9 Å². The SMILES string of the molecule is O=C(NCc1ccc(OC2CCCC2)cc1)C(c1ccccc1)N1CCS(=O)(=O)CC1. The fraction of sp³-hybridized carbons (Fsp3) is 0.458. The van der Waals surface area contributed by atoms with Gasteiger partial charge in [-0.25, -0.2) is 8.42 Å². The molecule has 0 bridgehead atoms. The number of hydrogen-bond acceptors (Lipinski definition) is 5. The average Bonchev–Trinajstić information content (AvgIpc) is 3.28. The van der Waals surface area contributed by atoms with Gasteiger partial charge in [0.25, 0.3) is 0 Å². The van der Waals surface area contributed by atoms with E-state index in [0.717, 1.165) is 29.7 Å². The Morgan fingerprint density at radius 2 is 1.65 bits per heavy atom. The zero-order valence-corrected chi connectivity index (χ0v) is 18.5. The van der Waals surface area contributed by atoms with E-state index in [4.69, 9.17) is 4.74 Å². The summed E-state index contributed by atoms with van der Waals surface area (Å²) in [6.07, 6.45) is 5.04. The van der Waals surface area contributed by atoms with E-state index in [1.165, 1.54) is 12.8 Å². The molecular weight excluding hydrogens is 412 g/mol. The number of hydrogen-bond donors (Lipinski definition) is 1. The molecule has 1 amide bonds. The molecule has 1 heterocycles. The molecule has 1 aliphatic heterocycles. The van der Waals surface area contributed by atoms with Crippen LogP contribution in [0.4, 0.5) is 0 Å². The Hall–Kier alpha value is -2.38. The van der Waals surface area contributed by atoms with Crippen LogP contribution in [-0.4, -0.2) is 49.9 Å². The van der Waals surface area contributed by atoms with Crippen molar-refractivity contribution in [2.75, 3.05) is 24.6 Å². The number of benzene rings is 2. The average molecular weight is 443 g/mol. The van der Waals surface area contributed by atoms with Crippen molar-refractivity contribution in [3.8, 4) is 5.75 Å². The Bertz CT molecular complexity index is 956. The third-order valence-corrected chi connectivity index (χ3v) is 7.71. The van der Waals surface area contributed by atoms with Crippen LogP contribution in [0.5, 0.6) is 5.75 Å². The normalized spacial score (nSPS) is 20.3. The van der Waals surface area contributed by atoms with E-state index in [1.54, 1.807) is 0 Å². The van der Waals surface area contributed by atoms with E-state index in [2.05, 4.69) is 5.32 Å². The second-order valence-corrected chi connectivity index (χ2v) is 10.7. The molecule has 2 aromatic carbocycles. The van der Waals surface area contributed by atoms with Gasteiger partial charge < -0.3 is 10.1 Å². The lowest BCUT2D eigenvalue weighted by Crippen LogP contribution is -2.47. The van der Waals surface area contributed by atoms with Gasteiger partial charge in [-0.2, -0.15) is 0 Å². The fourth-order valence-corrected chi connectivity index (χ4v) is 5.55. The number of carbonyl (C=O) groups excluding carboxylic acids is 1. The predicted octanol–water partition coefficient (Wildman–Crippen LogP) is 3.10. The predicted molar refractivity (Wildman–Crippen MR) is 121 cm³/mol. The Morgan fingerprint density at radius 3 is 2.29 bits per heavy atom. The minimum absolute atomic E-state index is 0.0894. The third-order valence-electron chi connectivity index (χ3n) is 6.10. The first-order chi connectivity index (χ1) is 15.0. The summed E-state index contributed by atoms with van der Waals surface area (Å²) in [7, 11) is -3.01. The first-order valence-corrected chi connectivity index (χ1v) is 12.8. The molecule has 2 aromatic rings. The van der Waals surface area contributed by atoms with Gasteiger partial charge in [-0.1, -0.05) is 42.5 Å². The molecule has 1 unspecified atom stereocenters. The fourth-order valence-electron chi connectivity index (χ4n) is 4.32. The van der Waals surface area contributed by atoms with Crippen molar-refractivity contribution >= 4 is 15.7 Å². The van der Waals surface area contributed by atoms with Crippen molar-refractivity contribution in [1.29, 1.82) is 0 Å². The van der Waals surface area contributed by atoms with Gasteiger partial charge in [0, 0.05) is 19.6 Å². The van der Waals surface area contributed by atoms with Gasteiger partial charge in [-0.15, -0.1) is 0 Å². The van der Waals surface area contributed by atoms with E-state index in [0.29, 0.717) is 25.7 Å². The second kappa shape index (κ2) is 9.83. The molecule has 1 saturated carbocycles. The summed E-state index contributed by atoms with van der Waals surface area (Å²) in [6, 6.07) is 16.9. The van der Waals surface area contributed by atoms with Crippen LogP contribution in [0.15, 0.2) is 54.6 Å². The van der Waals surface area contributed by atoms with Gasteiger partial charge in [-0.3, -0.25) is 9.69 Å². The number of carbonyl (C=O) groups is 1. The Labute approximate surface area is 184 Å². The second-order valence-electron chi connectivity index (χ2n) is 8.39. The summed E-state index contributed by atoms with van der Waals surface area (Å²) in [5, 5.41) is 3.04. The third kappa shape index (κ3) is 5.86. The summed E-state index contributed by atoms with van der Waals surface area (Å²) in [6.45, 7) is 1.14. The van der Waals surface area contributed by atoms with Crippen LogP contribution in [-0.2, 0) is 21.2 Å². The van der Waals surface area contributed by atoms with Gasteiger partial charge >= 0.3 is 0 Å². The van der Waals surface area contributed by atoms with Gasteiger partial charge in [0.05, 0.1) is 17.6 Å². The lowest BCUT2D eigenvalue weighted by atomic mass is 10.0. The van der Waals surface area contributed by atoms with E-state index in [9.17, 15) is 13.2 Å². The highest BCUT2D eigenvalue weighted by Crippen LogP contribution is 2.25. The van der Waals surface area contributed by atoms with E-state index in [1.807, 2.05) is 59.5 Å². The number of nitrogens with zero attached hydrogens (tertiary/aromatic N) is 1. The number of ether oxygens (including phenoxy) is 1. The highest BCUT2D eigenvalue weighted by molar-refractivity contribution is 7.91. The maximum atomic E-state index is 13.1. The Kier molecular flexibility index (Phi) is 6.92. The van der Waals surface area contributed by atoms with Crippen LogP contribution in [0.25, 0.3) is 0 Å². The molecule has 1 atom stereocenters. The minimum Gasteiger partial charge on any atom is -0.490 e. The van der Waals surface area contributed by atoms with E-state index >= 15 is 0 Å².